The molecule has 3 rings (SSSR count). The van der Waals surface area contributed by atoms with E-state index < -0.39 is 0 Å². The van der Waals surface area contributed by atoms with Gasteiger partial charge in [-0.2, -0.15) is 0 Å². The van der Waals surface area contributed by atoms with Crippen molar-refractivity contribution < 1.29 is 18.7 Å². The fourth-order valence-electron chi connectivity index (χ4n) is 3.23. The van der Waals surface area contributed by atoms with Crippen molar-refractivity contribution in [2.45, 2.75) is 19.9 Å². The van der Waals surface area contributed by atoms with E-state index in [0.29, 0.717) is 12.2 Å². The van der Waals surface area contributed by atoms with Gasteiger partial charge in [0.2, 0.25) is 5.91 Å². The van der Waals surface area contributed by atoms with Gasteiger partial charge in [0.1, 0.15) is 11.5 Å². The van der Waals surface area contributed by atoms with E-state index in [2.05, 4.69) is 20.2 Å². The molecule has 1 aromatic heterocycles. The van der Waals surface area contributed by atoms with Crippen molar-refractivity contribution in [3.8, 4) is 0 Å². The molecule has 0 unspecified atom stereocenters. The van der Waals surface area contributed by atoms with E-state index in [1.165, 1.54) is 29.4 Å². The zero-order chi connectivity index (χ0) is 22.1. The molecule has 0 radical (unpaired) electrons. The van der Waals surface area contributed by atoms with Gasteiger partial charge in [0, 0.05) is 51.9 Å². The molecule has 1 aliphatic rings. The Morgan fingerprint density at radius 1 is 1.16 bits per heavy atom. The first kappa shape index (κ1) is 22.8. The third-order valence-electron chi connectivity index (χ3n) is 5.04. The van der Waals surface area contributed by atoms with Crippen LogP contribution in [0.5, 0.6) is 0 Å². The van der Waals surface area contributed by atoms with Crippen LogP contribution in [0, 0.1) is 12.7 Å². The molecule has 0 bridgehead atoms. The minimum absolute atomic E-state index is 0.125. The lowest BCUT2D eigenvalue weighted by atomic mass is 10.2. The van der Waals surface area contributed by atoms with Crippen molar-refractivity contribution in [3.63, 3.8) is 0 Å². The first-order valence-electron chi connectivity index (χ1n) is 10.4. The molecule has 31 heavy (non-hydrogen) atoms. The number of nitrogens with zero attached hydrogens (tertiary/aromatic N) is 4. The summed E-state index contributed by atoms with van der Waals surface area (Å²) in [5, 5.41) is 2.91. The molecule has 2 heterocycles. The summed E-state index contributed by atoms with van der Waals surface area (Å²) in [4.78, 5) is 37.3. The van der Waals surface area contributed by atoms with Gasteiger partial charge in [-0.05, 0) is 24.6 Å². The number of carbonyl (C=O) groups excluding carboxylic acids is 2. The monoisotopic (exact) mass is 429 g/mol. The quantitative estimate of drug-likeness (QED) is 0.649. The molecule has 1 aromatic carbocycles. The van der Waals surface area contributed by atoms with E-state index in [1.807, 2.05) is 0 Å². The van der Waals surface area contributed by atoms with Gasteiger partial charge in [-0.3, -0.25) is 19.5 Å². The third kappa shape index (κ3) is 7.37. The normalized spacial score (nSPS) is 14.3. The van der Waals surface area contributed by atoms with Crippen LogP contribution in [0.3, 0.4) is 0 Å². The predicted molar refractivity (Wildman–Crippen MR) is 113 cm³/mol. The number of rotatable bonds is 9. The average molecular weight is 429 g/mol. The van der Waals surface area contributed by atoms with Crippen molar-refractivity contribution in [3.05, 3.63) is 59.4 Å². The zero-order valence-electron chi connectivity index (χ0n) is 17.7. The van der Waals surface area contributed by atoms with Crippen LogP contribution in [-0.4, -0.2) is 77.5 Å². The second-order valence-corrected chi connectivity index (χ2v) is 7.45. The van der Waals surface area contributed by atoms with Crippen molar-refractivity contribution in [1.82, 2.24) is 25.1 Å². The first-order valence-corrected chi connectivity index (χ1v) is 10.4. The molecule has 0 aliphatic carbocycles. The molecule has 2 amide bonds. The topological polar surface area (TPSA) is 87.7 Å². The molecule has 2 aromatic rings. The highest BCUT2D eigenvalue weighted by Crippen LogP contribution is 2.11. The molecule has 1 aliphatic heterocycles. The van der Waals surface area contributed by atoms with Gasteiger partial charge < -0.3 is 15.0 Å². The van der Waals surface area contributed by atoms with Crippen LogP contribution >= 0.6 is 0 Å². The summed E-state index contributed by atoms with van der Waals surface area (Å²) < 4.78 is 18.5. The maximum absolute atomic E-state index is 13.2. The lowest BCUT2D eigenvalue weighted by molar-refractivity contribution is -0.121. The summed E-state index contributed by atoms with van der Waals surface area (Å²) in [7, 11) is 0. The lowest BCUT2D eigenvalue weighted by Gasteiger charge is -2.26. The third-order valence-corrected chi connectivity index (χ3v) is 5.04. The van der Waals surface area contributed by atoms with Crippen molar-refractivity contribution >= 4 is 11.8 Å². The van der Waals surface area contributed by atoms with Crippen LogP contribution in [0.25, 0.3) is 0 Å². The number of nitrogens with one attached hydrogen (secondary N) is 1. The molecule has 8 nitrogen and oxygen atoms in total. The average Bonchev–Trinajstić information content (AvgIpc) is 2.79. The number of carbonyl (C=O) groups is 2. The predicted octanol–water partition coefficient (Wildman–Crippen LogP) is 1.41. The Morgan fingerprint density at radius 2 is 1.90 bits per heavy atom. The number of aromatic nitrogens is 2. The van der Waals surface area contributed by atoms with Crippen LogP contribution in [0.15, 0.2) is 36.7 Å². The molecule has 9 heteroatoms. The number of aryl methyl sites for hydroxylation is 1. The summed E-state index contributed by atoms with van der Waals surface area (Å²) in [5.41, 5.74) is 1.68. The Morgan fingerprint density at radius 3 is 2.58 bits per heavy atom. The maximum atomic E-state index is 13.2. The lowest BCUT2D eigenvalue weighted by Crippen LogP contribution is -2.42. The maximum Gasteiger partial charge on any atom is 0.274 e. The van der Waals surface area contributed by atoms with Crippen LogP contribution < -0.4 is 5.32 Å². The molecular formula is C22H28FN5O3. The minimum atomic E-state index is -0.342. The molecule has 0 atom stereocenters. The number of hydrogen-bond donors (Lipinski definition) is 1. The van der Waals surface area contributed by atoms with E-state index in [0.717, 1.165) is 38.4 Å². The number of amides is 2. The smallest absolute Gasteiger partial charge is 0.274 e. The molecule has 0 saturated carbocycles. The van der Waals surface area contributed by atoms with E-state index in [1.54, 1.807) is 19.1 Å². The van der Waals surface area contributed by atoms with Gasteiger partial charge in [0.25, 0.3) is 5.91 Å². The number of morpholine rings is 1. The Bertz CT molecular complexity index is 854. The second-order valence-electron chi connectivity index (χ2n) is 7.45. The molecule has 1 N–H and O–H groups in total. The van der Waals surface area contributed by atoms with Gasteiger partial charge in [-0.15, -0.1) is 0 Å². The van der Waals surface area contributed by atoms with Gasteiger partial charge in [0.05, 0.1) is 25.1 Å². The largest absolute Gasteiger partial charge is 0.379 e. The number of benzene rings is 1. The van der Waals surface area contributed by atoms with Crippen molar-refractivity contribution in [2.24, 2.45) is 0 Å². The van der Waals surface area contributed by atoms with Crippen LogP contribution in [0.2, 0.25) is 0 Å². The molecule has 1 saturated heterocycles. The SMILES string of the molecule is Cc1cnc(C(=O)N(CCC(=O)NCCN2CCOCC2)Cc2ccc(F)cc2)cn1. The Kier molecular flexibility index (Phi) is 8.43. The van der Waals surface area contributed by atoms with Crippen LogP contribution in [0.1, 0.15) is 28.2 Å². The van der Waals surface area contributed by atoms with E-state index in [9.17, 15) is 14.0 Å². The summed E-state index contributed by atoms with van der Waals surface area (Å²) in [5.74, 6) is -0.788. The molecule has 0 spiro atoms. The van der Waals surface area contributed by atoms with E-state index in [4.69, 9.17) is 4.74 Å². The van der Waals surface area contributed by atoms with Gasteiger partial charge in [-0.1, -0.05) is 12.1 Å². The Hall–Kier alpha value is -2.91. The first-order chi connectivity index (χ1) is 15.0. The fraction of sp³-hybridized carbons (Fsp3) is 0.455. The Balaban J connectivity index is 1.56. The van der Waals surface area contributed by atoms with Crippen LogP contribution in [0.4, 0.5) is 4.39 Å². The molecular weight excluding hydrogens is 401 g/mol. The van der Waals surface area contributed by atoms with E-state index in [-0.39, 0.29) is 42.8 Å². The van der Waals surface area contributed by atoms with Crippen molar-refractivity contribution in [2.75, 3.05) is 45.9 Å². The highest BCUT2D eigenvalue weighted by atomic mass is 19.1. The molecule has 166 valence electrons. The zero-order valence-corrected chi connectivity index (χ0v) is 17.7. The number of halogens is 1. The highest BCUT2D eigenvalue weighted by molar-refractivity contribution is 5.92. The highest BCUT2D eigenvalue weighted by Gasteiger charge is 2.19. The summed E-state index contributed by atoms with van der Waals surface area (Å²) in [6, 6.07) is 5.95. The van der Waals surface area contributed by atoms with Gasteiger partial charge >= 0.3 is 0 Å². The van der Waals surface area contributed by atoms with Gasteiger partial charge in [0.15, 0.2) is 0 Å². The van der Waals surface area contributed by atoms with Gasteiger partial charge in [-0.25, -0.2) is 9.37 Å². The number of ether oxygens (including phenoxy) is 1. The minimum Gasteiger partial charge on any atom is -0.379 e. The standard InChI is InChI=1S/C22H28FN5O3/c1-17-14-26-20(15-25-17)22(30)28(16-18-2-4-19(23)5-3-18)8-6-21(29)24-7-9-27-10-12-31-13-11-27/h2-5,14-15H,6-13,16H2,1H3,(H,24,29). The summed E-state index contributed by atoms with van der Waals surface area (Å²) >= 11 is 0. The summed E-state index contributed by atoms with van der Waals surface area (Å²) in [6.07, 6.45) is 3.12. The van der Waals surface area contributed by atoms with Crippen LogP contribution in [-0.2, 0) is 16.1 Å². The number of hydrogen-bond acceptors (Lipinski definition) is 6. The molecule has 1 fully saturated rings. The Labute approximate surface area is 181 Å². The van der Waals surface area contributed by atoms with Crippen molar-refractivity contribution in [1.29, 1.82) is 0 Å². The van der Waals surface area contributed by atoms with E-state index >= 15 is 0 Å². The summed E-state index contributed by atoms with van der Waals surface area (Å²) in [6.45, 7) is 6.75. The fourth-order valence-corrected chi connectivity index (χ4v) is 3.23. The second kappa shape index (κ2) is 11.5.